The maximum absolute atomic E-state index is 2.46. The summed E-state index contributed by atoms with van der Waals surface area (Å²) in [6.45, 7) is 0. The minimum absolute atomic E-state index is 1.11. The molecule has 0 saturated carbocycles. The molecular formula is C66H46N4. The quantitative estimate of drug-likeness (QED) is 0.160. The fourth-order valence-corrected chi connectivity index (χ4v) is 11.5. The summed E-state index contributed by atoms with van der Waals surface area (Å²) in [6.07, 6.45) is 0. The van der Waals surface area contributed by atoms with Crippen LogP contribution in [-0.4, -0.2) is 14.1 Å². The van der Waals surface area contributed by atoms with E-state index < -0.39 is 0 Å². The lowest BCUT2D eigenvalue weighted by molar-refractivity contribution is 1.13. The van der Waals surface area contributed by atoms with Crippen LogP contribution in [0.2, 0.25) is 0 Å². The van der Waals surface area contributed by atoms with Crippen LogP contribution in [0, 0.1) is 0 Å². The Hall–Kier alpha value is -9.12. The number of benzene rings is 12. The topological polar surface area (TPSA) is 13.0 Å². The lowest BCUT2D eigenvalue weighted by atomic mass is 9.84. The van der Waals surface area contributed by atoms with E-state index >= 15 is 0 Å². The van der Waals surface area contributed by atoms with E-state index in [0.717, 1.165) is 34.1 Å². The highest BCUT2D eigenvalue weighted by Gasteiger charge is 2.30. The van der Waals surface area contributed by atoms with Crippen molar-refractivity contribution < 1.29 is 0 Å². The van der Waals surface area contributed by atoms with Crippen molar-refractivity contribution in [3.8, 4) is 33.4 Å². The summed E-state index contributed by atoms with van der Waals surface area (Å²) in [4.78, 5) is 9.52. The fourth-order valence-electron chi connectivity index (χ4n) is 11.5. The van der Waals surface area contributed by atoms with Gasteiger partial charge >= 0.3 is 0 Å². The Morgan fingerprint density at radius 3 is 1.21 bits per heavy atom. The molecule has 0 atom stereocenters. The Labute approximate surface area is 407 Å². The fraction of sp³-hybridized carbons (Fsp3) is 0.0303. The highest BCUT2D eigenvalue weighted by Crippen LogP contribution is 2.55. The number of anilines is 10. The third kappa shape index (κ3) is 6.10. The van der Waals surface area contributed by atoms with Gasteiger partial charge in [0.1, 0.15) is 0 Å². The van der Waals surface area contributed by atoms with Crippen LogP contribution < -0.4 is 19.6 Å². The van der Waals surface area contributed by atoms with Gasteiger partial charge in [0, 0.05) is 25.5 Å². The largest absolute Gasteiger partial charge is 0.341 e. The van der Waals surface area contributed by atoms with Crippen LogP contribution in [0.4, 0.5) is 56.9 Å². The monoisotopic (exact) mass is 894 g/mol. The minimum Gasteiger partial charge on any atom is -0.341 e. The third-order valence-electron chi connectivity index (χ3n) is 14.9. The molecule has 0 amide bonds. The van der Waals surface area contributed by atoms with E-state index in [1.165, 1.54) is 99.2 Å². The van der Waals surface area contributed by atoms with E-state index in [-0.39, 0.29) is 0 Å². The van der Waals surface area contributed by atoms with Gasteiger partial charge in [-0.05, 0) is 155 Å². The molecule has 0 radical (unpaired) electrons. The first-order chi connectivity index (χ1) is 34.6. The molecule has 2 aliphatic rings. The number of hydrogen-bond acceptors (Lipinski definition) is 4. The summed E-state index contributed by atoms with van der Waals surface area (Å²) in [7, 11) is 4.34. The molecule has 12 aromatic carbocycles. The van der Waals surface area contributed by atoms with Gasteiger partial charge in [-0.1, -0.05) is 164 Å². The second-order valence-electron chi connectivity index (χ2n) is 18.6. The molecule has 2 aliphatic heterocycles. The predicted molar refractivity (Wildman–Crippen MR) is 298 cm³/mol. The van der Waals surface area contributed by atoms with Crippen molar-refractivity contribution in [1.29, 1.82) is 0 Å². The van der Waals surface area contributed by atoms with Crippen molar-refractivity contribution in [2.24, 2.45) is 0 Å². The normalized spacial score (nSPS) is 12.9. The zero-order valence-corrected chi connectivity index (χ0v) is 38.9. The SMILES string of the molecule is CN1c2ccccc2N(c2ccc3c(-c4cccc5ccccc45)c4cc(N5c6ccccc6N(C)c6ccccc65)ccc4c(-c4ccc(-c5ccc6ccccc6c5)cc4)c3c2)c2ccccc21. The van der Waals surface area contributed by atoms with Crippen molar-refractivity contribution in [3.63, 3.8) is 0 Å². The molecule has 0 unspecified atom stereocenters. The highest BCUT2D eigenvalue weighted by molar-refractivity contribution is 6.25. The molecule has 0 N–H and O–H groups in total. The van der Waals surface area contributed by atoms with Gasteiger partial charge in [0.05, 0.1) is 45.5 Å². The molecule has 4 nitrogen and oxygen atoms in total. The molecule has 4 heteroatoms. The van der Waals surface area contributed by atoms with Crippen LogP contribution in [0.5, 0.6) is 0 Å². The van der Waals surface area contributed by atoms with Crippen molar-refractivity contribution >= 4 is 100.0 Å². The van der Waals surface area contributed by atoms with Gasteiger partial charge in [-0.2, -0.15) is 0 Å². The number of para-hydroxylation sites is 8. The average Bonchev–Trinajstić information content (AvgIpc) is 3.42. The number of rotatable bonds is 5. The molecule has 12 aromatic rings. The van der Waals surface area contributed by atoms with Crippen LogP contribution in [0.3, 0.4) is 0 Å². The maximum atomic E-state index is 2.46. The first-order valence-corrected chi connectivity index (χ1v) is 24.1. The molecule has 0 aromatic heterocycles. The summed E-state index contributed by atoms with van der Waals surface area (Å²) in [5.74, 6) is 0. The van der Waals surface area contributed by atoms with Crippen molar-refractivity contribution in [2.45, 2.75) is 0 Å². The highest BCUT2D eigenvalue weighted by atomic mass is 15.3. The lowest BCUT2D eigenvalue weighted by Crippen LogP contribution is -2.24. The molecule has 0 fully saturated rings. The summed E-state index contributed by atoms with van der Waals surface area (Å²) < 4.78 is 0. The Balaban J connectivity index is 1.08. The molecule has 14 rings (SSSR count). The standard InChI is InChI=1S/C66H46N4/c1-67-57-22-7-11-26-61(57)69(62-27-12-8-23-58(62)67)49-37-39-54-55(41-49)65(46-33-30-44(31-34-46)48-35-32-43-16-3-4-18-47(43)40-48)53-38-36-50(42-56(53)66(54)52-21-15-19-45-17-5-6-20-51(45)52)70-63-28-13-9-24-59(63)68(2)60-25-10-14-29-64(60)70/h3-42H,1-2H3. The number of nitrogens with zero attached hydrogens (tertiary/aromatic N) is 4. The zero-order chi connectivity index (χ0) is 46.5. The van der Waals surface area contributed by atoms with Gasteiger partial charge in [-0.15, -0.1) is 0 Å². The average molecular weight is 895 g/mol. The molecular weight excluding hydrogens is 849 g/mol. The van der Waals surface area contributed by atoms with Crippen molar-refractivity contribution in [3.05, 3.63) is 243 Å². The van der Waals surface area contributed by atoms with Gasteiger partial charge in [0.25, 0.3) is 0 Å². The summed E-state index contributed by atoms with van der Waals surface area (Å²) in [5, 5.41) is 9.73. The van der Waals surface area contributed by atoms with Gasteiger partial charge in [-0.3, -0.25) is 0 Å². The maximum Gasteiger partial charge on any atom is 0.0699 e. The third-order valence-corrected chi connectivity index (χ3v) is 14.9. The van der Waals surface area contributed by atoms with E-state index in [2.05, 4.69) is 276 Å². The predicted octanol–water partition coefficient (Wildman–Crippen LogP) is 18.4. The van der Waals surface area contributed by atoms with E-state index in [4.69, 9.17) is 0 Å². The first kappa shape index (κ1) is 40.0. The lowest BCUT2D eigenvalue weighted by Gasteiger charge is -2.39. The number of hydrogen-bond donors (Lipinski definition) is 0. The first-order valence-electron chi connectivity index (χ1n) is 24.1. The summed E-state index contributed by atoms with van der Waals surface area (Å²) in [6, 6.07) is 89.7. The van der Waals surface area contributed by atoms with Crippen LogP contribution in [0.1, 0.15) is 0 Å². The van der Waals surface area contributed by atoms with E-state index in [1.807, 2.05) is 0 Å². The summed E-state index contributed by atoms with van der Waals surface area (Å²) in [5.41, 5.74) is 18.7. The molecule has 2 heterocycles. The van der Waals surface area contributed by atoms with Gasteiger partial charge in [-0.25, -0.2) is 0 Å². The zero-order valence-electron chi connectivity index (χ0n) is 38.9. The van der Waals surface area contributed by atoms with E-state index in [1.54, 1.807) is 0 Å². The van der Waals surface area contributed by atoms with Crippen LogP contribution in [0.15, 0.2) is 243 Å². The Kier molecular flexibility index (Phi) is 8.99. The van der Waals surface area contributed by atoms with Crippen LogP contribution in [-0.2, 0) is 0 Å². The van der Waals surface area contributed by atoms with Crippen molar-refractivity contribution in [2.75, 3.05) is 33.7 Å². The Bertz CT molecular complexity index is 3980. The summed E-state index contributed by atoms with van der Waals surface area (Å²) >= 11 is 0. The molecule has 70 heavy (non-hydrogen) atoms. The van der Waals surface area contributed by atoms with Crippen LogP contribution >= 0.6 is 0 Å². The van der Waals surface area contributed by atoms with Gasteiger partial charge in [0.15, 0.2) is 0 Å². The number of fused-ring (bicyclic) bond motifs is 8. The van der Waals surface area contributed by atoms with E-state index in [9.17, 15) is 0 Å². The molecule has 0 aliphatic carbocycles. The molecule has 0 spiro atoms. The van der Waals surface area contributed by atoms with Crippen molar-refractivity contribution in [1.82, 2.24) is 0 Å². The smallest absolute Gasteiger partial charge is 0.0699 e. The van der Waals surface area contributed by atoms with Gasteiger partial charge < -0.3 is 19.6 Å². The second kappa shape index (κ2) is 15.7. The molecule has 330 valence electrons. The second-order valence-corrected chi connectivity index (χ2v) is 18.6. The molecule has 0 saturated heterocycles. The molecule has 0 bridgehead atoms. The van der Waals surface area contributed by atoms with Crippen LogP contribution in [0.25, 0.3) is 76.5 Å². The Morgan fingerprint density at radius 2 is 0.657 bits per heavy atom. The Morgan fingerprint density at radius 1 is 0.243 bits per heavy atom. The minimum atomic E-state index is 1.11. The van der Waals surface area contributed by atoms with Gasteiger partial charge in [0.2, 0.25) is 0 Å². The van der Waals surface area contributed by atoms with E-state index in [0.29, 0.717) is 0 Å².